The first-order chi connectivity index (χ1) is 7.11. The van der Waals surface area contributed by atoms with E-state index in [9.17, 15) is 9.59 Å². The normalized spacial score (nSPS) is 11.6. The molecule has 1 rings (SSSR count). The van der Waals surface area contributed by atoms with Gasteiger partial charge in [-0.3, -0.25) is 0 Å². The van der Waals surface area contributed by atoms with Gasteiger partial charge in [0, 0.05) is 0 Å². The minimum Gasteiger partial charge on any atom is -0.319 e. The minimum atomic E-state index is -0.825. The maximum absolute atomic E-state index is 11.2. The lowest BCUT2D eigenvalue weighted by Crippen LogP contribution is -2.29. The van der Waals surface area contributed by atoms with Crippen molar-refractivity contribution in [3.8, 4) is 0 Å². The van der Waals surface area contributed by atoms with Gasteiger partial charge in [-0.15, -0.1) is 0 Å². The van der Waals surface area contributed by atoms with E-state index in [-0.39, 0.29) is 0 Å². The van der Waals surface area contributed by atoms with Gasteiger partial charge in [-0.1, -0.05) is 18.2 Å². The van der Waals surface area contributed by atoms with Crippen LogP contribution in [0.4, 0.5) is 0 Å². The van der Waals surface area contributed by atoms with E-state index in [0.29, 0.717) is 5.56 Å². The Morgan fingerprint density at radius 2 is 1.80 bits per heavy atom. The Hall–Kier alpha value is -1.88. The molecule has 0 saturated carbocycles. The fourth-order valence-corrected chi connectivity index (χ4v) is 0.777. The predicted molar refractivity (Wildman–Crippen MR) is 51.6 cm³/mol. The number of benzene rings is 1. The van der Waals surface area contributed by atoms with Gasteiger partial charge in [-0.25, -0.2) is 19.4 Å². The van der Waals surface area contributed by atoms with Crippen molar-refractivity contribution in [2.75, 3.05) is 0 Å². The lowest BCUT2D eigenvalue weighted by Gasteiger charge is -2.04. The highest BCUT2D eigenvalue weighted by Crippen LogP contribution is 2.01. The summed E-state index contributed by atoms with van der Waals surface area (Å²) in [6.45, 7) is 1.43. The van der Waals surface area contributed by atoms with Crippen LogP contribution in [0.15, 0.2) is 30.3 Å². The van der Waals surface area contributed by atoms with Crippen LogP contribution in [-0.2, 0) is 14.6 Å². The van der Waals surface area contributed by atoms with Crippen LogP contribution in [-0.4, -0.2) is 18.0 Å². The first kappa shape index (κ1) is 11.2. The summed E-state index contributed by atoms with van der Waals surface area (Å²) in [7, 11) is 0. The van der Waals surface area contributed by atoms with Gasteiger partial charge in [0.25, 0.3) is 0 Å². The Kier molecular flexibility index (Phi) is 3.82. The van der Waals surface area contributed by atoms with Gasteiger partial charge in [0.05, 0.1) is 5.56 Å². The summed E-state index contributed by atoms with van der Waals surface area (Å²) >= 11 is 0. The van der Waals surface area contributed by atoms with E-state index in [0.717, 1.165) is 0 Å². The Morgan fingerprint density at radius 1 is 1.20 bits per heavy atom. The third-order valence-electron chi connectivity index (χ3n) is 1.58. The fraction of sp³-hybridized carbons (Fsp3) is 0.200. The quantitative estimate of drug-likeness (QED) is 0.571. The monoisotopic (exact) mass is 209 g/mol. The predicted octanol–water partition coefficient (Wildman–Crippen LogP) is 0.649. The van der Waals surface area contributed by atoms with Gasteiger partial charge in [0.15, 0.2) is 0 Å². The van der Waals surface area contributed by atoms with E-state index in [1.807, 2.05) is 0 Å². The van der Waals surface area contributed by atoms with Gasteiger partial charge in [0.1, 0.15) is 6.04 Å². The molecule has 80 valence electrons. The van der Waals surface area contributed by atoms with Crippen LogP contribution in [0, 0.1) is 0 Å². The molecule has 5 heteroatoms. The maximum atomic E-state index is 11.2. The summed E-state index contributed by atoms with van der Waals surface area (Å²) in [6, 6.07) is 7.36. The van der Waals surface area contributed by atoms with Crippen LogP contribution in [0.1, 0.15) is 17.3 Å². The standard InChI is InChI=1S/C10H11NO4/c1-7(11)9(12)14-15-10(13)8-5-3-2-4-6-8/h2-7H,11H2,1H3/t7-/m0/s1. The summed E-state index contributed by atoms with van der Waals surface area (Å²) in [5.41, 5.74) is 5.50. The Bertz CT molecular complexity index is 348. The fourth-order valence-electron chi connectivity index (χ4n) is 0.777. The molecule has 0 amide bonds. The number of carbonyl (C=O) groups is 2. The summed E-state index contributed by atoms with van der Waals surface area (Å²) in [4.78, 5) is 30.6. The molecule has 0 saturated heterocycles. The number of hydrogen-bond donors (Lipinski definition) is 1. The van der Waals surface area contributed by atoms with Crippen molar-refractivity contribution >= 4 is 11.9 Å². The van der Waals surface area contributed by atoms with Crippen LogP contribution in [0.2, 0.25) is 0 Å². The van der Waals surface area contributed by atoms with Gasteiger partial charge < -0.3 is 5.73 Å². The van der Waals surface area contributed by atoms with Crippen LogP contribution >= 0.6 is 0 Å². The number of nitrogens with two attached hydrogens (primary N) is 1. The summed E-state index contributed by atoms with van der Waals surface area (Å²) in [5, 5.41) is 0. The van der Waals surface area contributed by atoms with Gasteiger partial charge in [-0.2, -0.15) is 0 Å². The third kappa shape index (κ3) is 3.40. The molecule has 0 aliphatic heterocycles. The largest absolute Gasteiger partial charge is 0.386 e. The molecule has 0 bridgehead atoms. The lowest BCUT2D eigenvalue weighted by atomic mass is 10.2. The summed E-state index contributed by atoms with van der Waals surface area (Å²) in [6.07, 6.45) is 0. The van der Waals surface area contributed by atoms with Crippen LogP contribution < -0.4 is 5.73 Å². The second kappa shape index (κ2) is 5.11. The molecular formula is C10H11NO4. The Morgan fingerprint density at radius 3 is 2.33 bits per heavy atom. The molecule has 5 nitrogen and oxygen atoms in total. The number of hydrogen-bond acceptors (Lipinski definition) is 5. The molecule has 0 aromatic heterocycles. The Balaban J connectivity index is 2.48. The molecule has 0 heterocycles. The van der Waals surface area contributed by atoms with Gasteiger partial charge in [-0.05, 0) is 19.1 Å². The lowest BCUT2D eigenvalue weighted by molar-refractivity contribution is -0.234. The highest BCUT2D eigenvalue weighted by molar-refractivity contribution is 5.89. The van der Waals surface area contributed by atoms with Gasteiger partial charge >= 0.3 is 11.9 Å². The van der Waals surface area contributed by atoms with Crippen molar-refractivity contribution in [2.24, 2.45) is 5.73 Å². The molecule has 2 N–H and O–H groups in total. The molecule has 15 heavy (non-hydrogen) atoms. The highest BCUT2D eigenvalue weighted by Gasteiger charge is 2.14. The smallest absolute Gasteiger partial charge is 0.319 e. The molecular weight excluding hydrogens is 198 g/mol. The van der Waals surface area contributed by atoms with Crippen LogP contribution in [0.5, 0.6) is 0 Å². The third-order valence-corrected chi connectivity index (χ3v) is 1.58. The summed E-state index contributed by atoms with van der Waals surface area (Å²) < 4.78 is 0. The zero-order valence-electron chi connectivity index (χ0n) is 8.17. The summed E-state index contributed by atoms with van der Waals surface area (Å²) in [5.74, 6) is -1.52. The first-order valence-electron chi connectivity index (χ1n) is 4.34. The molecule has 0 aliphatic carbocycles. The van der Waals surface area contributed by atoms with Crippen molar-refractivity contribution < 1.29 is 19.4 Å². The van der Waals surface area contributed by atoms with Crippen LogP contribution in [0.25, 0.3) is 0 Å². The minimum absolute atomic E-state index is 0.301. The van der Waals surface area contributed by atoms with Crippen molar-refractivity contribution in [1.29, 1.82) is 0 Å². The van der Waals surface area contributed by atoms with Crippen molar-refractivity contribution in [3.05, 3.63) is 35.9 Å². The average molecular weight is 209 g/mol. The van der Waals surface area contributed by atoms with Crippen molar-refractivity contribution in [3.63, 3.8) is 0 Å². The average Bonchev–Trinajstić information content (AvgIpc) is 2.26. The van der Waals surface area contributed by atoms with Crippen LogP contribution in [0.3, 0.4) is 0 Å². The second-order valence-corrected chi connectivity index (χ2v) is 2.93. The molecule has 1 aromatic rings. The first-order valence-corrected chi connectivity index (χ1v) is 4.34. The van der Waals surface area contributed by atoms with Crippen molar-refractivity contribution in [1.82, 2.24) is 0 Å². The second-order valence-electron chi connectivity index (χ2n) is 2.93. The van der Waals surface area contributed by atoms with Crippen molar-refractivity contribution in [2.45, 2.75) is 13.0 Å². The molecule has 0 fully saturated rings. The SMILES string of the molecule is C[C@H](N)C(=O)OOC(=O)c1ccccc1. The van der Waals surface area contributed by atoms with E-state index in [4.69, 9.17) is 5.73 Å². The highest BCUT2D eigenvalue weighted by atomic mass is 17.2. The van der Waals surface area contributed by atoms with E-state index in [1.54, 1.807) is 30.3 Å². The molecule has 0 unspecified atom stereocenters. The van der Waals surface area contributed by atoms with Gasteiger partial charge in [0.2, 0.25) is 0 Å². The molecule has 1 atom stereocenters. The molecule has 1 aromatic carbocycles. The zero-order chi connectivity index (χ0) is 11.3. The molecule has 0 aliphatic rings. The molecule has 0 radical (unpaired) electrons. The topological polar surface area (TPSA) is 78.6 Å². The zero-order valence-corrected chi connectivity index (χ0v) is 8.17. The van der Waals surface area contributed by atoms with E-state index >= 15 is 0 Å². The van der Waals surface area contributed by atoms with E-state index in [2.05, 4.69) is 9.78 Å². The number of rotatable bonds is 2. The molecule has 0 spiro atoms. The van der Waals surface area contributed by atoms with E-state index in [1.165, 1.54) is 6.92 Å². The Labute approximate surface area is 86.7 Å². The number of carbonyl (C=O) groups excluding carboxylic acids is 2. The van der Waals surface area contributed by atoms with E-state index < -0.39 is 18.0 Å². The maximum Gasteiger partial charge on any atom is 0.386 e.